The highest BCUT2D eigenvalue weighted by Crippen LogP contribution is 2.17. The Morgan fingerprint density at radius 2 is 1.73 bits per heavy atom. The van der Waals surface area contributed by atoms with Crippen LogP contribution in [0.15, 0.2) is 24.3 Å². The molecule has 1 aromatic rings. The van der Waals surface area contributed by atoms with E-state index in [1.807, 2.05) is 12.1 Å². The maximum absolute atomic E-state index is 12.8. The van der Waals surface area contributed by atoms with E-state index in [1.54, 1.807) is 12.1 Å². The van der Waals surface area contributed by atoms with Crippen LogP contribution in [0.2, 0.25) is 0 Å². The van der Waals surface area contributed by atoms with Crippen molar-refractivity contribution in [2.24, 2.45) is 0 Å². The van der Waals surface area contributed by atoms with Gasteiger partial charge in [0, 0.05) is 44.4 Å². The molecule has 0 radical (unpaired) electrons. The van der Waals surface area contributed by atoms with Gasteiger partial charge in [0.25, 0.3) is 5.91 Å². The predicted octanol–water partition coefficient (Wildman–Crippen LogP) is 1.97. The van der Waals surface area contributed by atoms with Crippen molar-refractivity contribution in [2.75, 3.05) is 31.1 Å². The van der Waals surface area contributed by atoms with Gasteiger partial charge in [-0.1, -0.05) is 6.92 Å². The lowest BCUT2D eigenvalue weighted by Crippen LogP contribution is -2.46. The number of carbonyl (C=O) groups excluding carboxylic acids is 2. The SMILES string of the molecule is CCCN(CC)c1ccc(C(=O)N(CCNC(C)=O)C(C)C(=O)O)cc1. The summed E-state index contributed by atoms with van der Waals surface area (Å²) < 4.78 is 0. The Labute approximate surface area is 155 Å². The summed E-state index contributed by atoms with van der Waals surface area (Å²) in [5.74, 6) is -1.67. The Bertz CT molecular complexity index is 616. The summed E-state index contributed by atoms with van der Waals surface area (Å²) in [6.07, 6.45) is 1.03. The third-order valence-corrected chi connectivity index (χ3v) is 4.17. The third-order valence-electron chi connectivity index (χ3n) is 4.17. The minimum atomic E-state index is -1.09. The molecular formula is C19H29N3O4. The molecule has 2 N–H and O–H groups in total. The summed E-state index contributed by atoms with van der Waals surface area (Å²) in [6.45, 7) is 9.17. The van der Waals surface area contributed by atoms with E-state index in [4.69, 9.17) is 0 Å². The molecule has 0 aliphatic heterocycles. The Morgan fingerprint density at radius 3 is 2.19 bits per heavy atom. The number of nitrogens with zero attached hydrogens (tertiary/aromatic N) is 2. The van der Waals surface area contributed by atoms with Gasteiger partial charge in [-0.05, 0) is 44.5 Å². The Hall–Kier alpha value is -2.57. The van der Waals surface area contributed by atoms with E-state index < -0.39 is 12.0 Å². The van der Waals surface area contributed by atoms with Gasteiger partial charge < -0.3 is 20.2 Å². The van der Waals surface area contributed by atoms with Gasteiger partial charge in [-0.3, -0.25) is 9.59 Å². The highest BCUT2D eigenvalue weighted by Gasteiger charge is 2.26. The average molecular weight is 363 g/mol. The summed E-state index contributed by atoms with van der Waals surface area (Å²) in [7, 11) is 0. The van der Waals surface area contributed by atoms with Crippen molar-refractivity contribution < 1.29 is 19.5 Å². The summed E-state index contributed by atoms with van der Waals surface area (Å²) in [4.78, 5) is 38.6. The molecule has 0 saturated heterocycles. The second kappa shape index (κ2) is 10.4. The van der Waals surface area contributed by atoms with Crippen LogP contribution in [-0.2, 0) is 9.59 Å². The highest BCUT2D eigenvalue weighted by molar-refractivity contribution is 5.96. The van der Waals surface area contributed by atoms with Gasteiger partial charge in [0.2, 0.25) is 5.91 Å². The first-order valence-electron chi connectivity index (χ1n) is 8.95. The molecule has 0 fully saturated rings. The molecule has 0 heterocycles. The molecule has 0 aromatic heterocycles. The number of carboxylic acid groups (broad SMARTS) is 1. The number of benzene rings is 1. The Morgan fingerprint density at radius 1 is 1.12 bits per heavy atom. The molecule has 7 nitrogen and oxygen atoms in total. The average Bonchev–Trinajstić information content (AvgIpc) is 2.62. The van der Waals surface area contributed by atoms with E-state index in [0.29, 0.717) is 5.56 Å². The molecule has 0 aliphatic carbocycles. The molecule has 26 heavy (non-hydrogen) atoms. The largest absolute Gasteiger partial charge is 0.480 e. The van der Waals surface area contributed by atoms with Gasteiger partial charge in [-0.25, -0.2) is 4.79 Å². The number of hydrogen-bond donors (Lipinski definition) is 2. The smallest absolute Gasteiger partial charge is 0.326 e. The minimum Gasteiger partial charge on any atom is -0.480 e. The monoisotopic (exact) mass is 363 g/mol. The number of carboxylic acids is 1. The highest BCUT2D eigenvalue weighted by atomic mass is 16.4. The summed E-state index contributed by atoms with van der Waals surface area (Å²) in [5.41, 5.74) is 1.46. The van der Waals surface area contributed by atoms with Gasteiger partial charge in [0.1, 0.15) is 6.04 Å². The van der Waals surface area contributed by atoms with Crippen molar-refractivity contribution in [3.05, 3.63) is 29.8 Å². The van der Waals surface area contributed by atoms with Crippen LogP contribution in [0.1, 0.15) is 44.5 Å². The van der Waals surface area contributed by atoms with E-state index in [0.717, 1.165) is 25.2 Å². The van der Waals surface area contributed by atoms with Crippen molar-refractivity contribution in [2.45, 2.75) is 40.2 Å². The number of carbonyl (C=O) groups is 3. The normalized spacial score (nSPS) is 11.5. The molecule has 0 bridgehead atoms. The van der Waals surface area contributed by atoms with Crippen molar-refractivity contribution >= 4 is 23.5 Å². The zero-order valence-corrected chi connectivity index (χ0v) is 16.0. The van der Waals surface area contributed by atoms with Crippen LogP contribution in [0.3, 0.4) is 0 Å². The second-order valence-corrected chi connectivity index (χ2v) is 6.12. The van der Waals surface area contributed by atoms with Gasteiger partial charge in [-0.15, -0.1) is 0 Å². The maximum atomic E-state index is 12.8. The number of hydrogen-bond acceptors (Lipinski definition) is 4. The molecule has 2 amide bonds. The fourth-order valence-corrected chi connectivity index (χ4v) is 2.68. The number of rotatable bonds is 10. The molecule has 0 saturated carbocycles. The fraction of sp³-hybridized carbons (Fsp3) is 0.526. The quantitative estimate of drug-likeness (QED) is 0.663. The van der Waals surface area contributed by atoms with Crippen molar-refractivity contribution in [1.82, 2.24) is 10.2 Å². The zero-order chi connectivity index (χ0) is 19.7. The Balaban J connectivity index is 2.95. The number of amides is 2. The topological polar surface area (TPSA) is 90.0 Å². The van der Waals surface area contributed by atoms with Crippen molar-refractivity contribution in [3.63, 3.8) is 0 Å². The standard InChI is InChI=1S/C19H29N3O4/c1-5-12-21(6-2)17-9-7-16(8-10-17)18(24)22(14(3)19(25)26)13-11-20-15(4)23/h7-10,14H,5-6,11-13H2,1-4H3,(H,20,23)(H,25,26). The maximum Gasteiger partial charge on any atom is 0.326 e. The minimum absolute atomic E-state index is 0.130. The van der Waals surface area contributed by atoms with Crippen LogP contribution in [0, 0.1) is 0 Å². The van der Waals surface area contributed by atoms with Crippen LogP contribution >= 0.6 is 0 Å². The number of nitrogens with one attached hydrogen (secondary N) is 1. The number of aliphatic carboxylic acids is 1. The van der Waals surface area contributed by atoms with Crippen molar-refractivity contribution in [1.29, 1.82) is 0 Å². The first-order valence-corrected chi connectivity index (χ1v) is 8.95. The third kappa shape index (κ3) is 6.06. The summed E-state index contributed by atoms with van der Waals surface area (Å²) in [5, 5.41) is 11.9. The van der Waals surface area contributed by atoms with Gasteiger partial charge in [0.15, 0.2) is 0 Å². The molecular weight excluding hydrogens is 334 g/mol. The van der Waals surface area contributed by atoms with E-state index >= 15 is 0 Å². The molecule has 7 heteroatoms. The lowest BCUT2D eigenvalue weighted by molar-refractivity contribution is -0.141. The van der Waals surface area contributed by atoms with Crippen molar-refractivity contribution in [3.8, 4) is 0 Å². The predicted molar refractivity (Wildman–Crippen MR) is 101 cm³/mol. The van der Waals surface area contributed by atoms with E-state index in [2.05, 4.69) is 24.1 Å². The van der Waals surface area contributed by atoms with Crippen LogP contribution in [0.4, 0.5) is 5.69 Å². The molecule has 1 aromatic carbocycles. The van der Waals surface area contributed by atoms with Gasteiger partial charge in [0.05, 0.1) is 0 Å². The number of anilines is 1. The van der Waals surface area contributed by atoms with Crippen LogP contribution < -0.4 is 10.2 Å². The molecule has 0 spiro atoms. The second-order valence-electron chi connectivity index (χ2n) is 6.12. The molecule has 144 valence electrons. The molecule has 1 rings (SSSR count). The van der Waals surface area contributed by atoms with E-state index in [-0.39, 0.29) is 24.9 Å². The van der Waals surface area contributed by atoms with Gasteiger partial charge >= 0.3 is 5.97 Å². The van der Waals surface area contributed by atoms with E-state index in [1.165, 1.54) is 18.7 Å². The first kappa shape index (κ1) is 21.5. The van der Waals surface area contributed by atoms with Crippen LogP contribution in [-0.4, -0.2) is 60.0 Å². The van der Waals surface area contributed by atoms with Crippen LogP contribution in [0.5, 0.6) is 0 Å². The Kier molecular flexibility index (Phi) is 8.61. The molecule has 0 aliphatic rings. The molecule has 1 atom stereocenters. The fourth-order valence-electron chi connectivity index (χ4n) is 2.68. The molecule has 1 unspecified atom stereocenters. The van der Waals surface area contributed by atoms with E-state index in [9.17, 15) is 19.5 Å². The first-order chi connectivity index (χ1) is 12.3. The lowest BCUT2D eigenvalue weighted by atomic mass is 10.1. The summed E-state index contributed by atoms with van der Waals surface area (Å²) >= 11 is 0. The summed E-state index contributed by atoms with van der Waals surface area (Å²) in [6, 6.07) is 6.21. The van der Waals surface area contributed by atoms with Gasteiger partial charge in [-0.2, -0.15) is 0 Å². The zero-order valence-electron chi connectivity index (χ0n) is 16.0. The van der Waals surface area contributed by atoms with Crippen LogP contribution in [0.25, 0.3) is 0 Å². The lowest BCUT2D eigenvalue weighted by Gasteiger charge is -2.27.